The summed E-state index contributed by atoms with van der Waals surface area (Å²) >= 11 is 0. The van der Waals surface area contributed by atoms with Crippen molar-refractivity contribution in [2.45, 2.75) is 12.3 Å². The fraction of sp³-hybridized carbons (Fsp3) is 0.273. The Hall–Kier alpha value is -2.92. The van der Waals surface area contributed by atoms with Crippen LogP contribution in [-0.2, 0) is 18.3 Å². The minimum Gasteiger partial charge on any atom is -0.326 e. The van der Waals surface area contributed by atoms with Crippen LogP contribution in [0.25, 0.3) is 11.1 Å². The number of hydrogen-bond acceptors (Lipinski definition) is 3. The van der Waals surface area contributed by atoms with E-state index in [4.69, 9.17) is 0 Å². The maximum Gasteiger partial charge on any atom is 0.229 e. The van der Waals surface area contributed by atoms with Crippen molar-refractivity contribution in [1.29, 1.82) is 0 Å². The Labute approximate surface area is 158 Å². The van der Waals surface area contributed by atoms with Crippen molar-refractivity contribution in [2.75, 3.05) is 18.4 Å². The van der Waals surface area contributed by atoms with E-state index in [2.05, 4.69) is 52.1 Å². The fourth-order valence-corrected chi connectivity index (χ4v) is 4.39. The van der Waals surface area contributed by atoms with Crippen LogP contribution in [-0.4, -0.2) is 28.8 Å². The van der Waals surface area contributed by atoms with E-state index < -0.39 is 0 Å². The van der Waals surface area contributed by atoms with Crippen LogP contribution in [0, 0.1) is 5.92 Å². The van der Waals surface area contributed by atoms with E-state index in [1.54, 1.807) is 4.68 Å². The lowest BCUT2D eigenvalue weighted by Crippen LogP contribution is -2.28. The third kappa shape index (κ3) is 2.84. The van der Waals surface area contributed by atoms with Gasteiger partial charge in [-0.25, -0.2) is 0 Å². The molecular formula is C22H22N4O. The first-order valence-electron chi connectivity index (χ1n) is 9.40. The van der Waals surface area contributed by atoms with Crippen LogP contribution >= 0.6 is 0 Å². The van der Waals surface area contributed by atoms with Gasteiger partial charge in [0.05, 0.1) is 12.1 Å². The van der Waals surface area contributed by atoms with Crippen molar-refractivity contribution >= 4 is 11.6 Å². The molecule has 1 aliphatic carbocycles. The summed E-state index contributed by atoms with van der Waals surface area (Å²) in [6, 6.07) is 14.8. The third-order valence-corrected chi connectivity index (χ3v) is 5.77. The highest BCUT2D eigenvalue weighted by Gasteiger charge is 2.34. The van der Waals surface area contributed by atoms with E-state index >= 15 is 0 Å². The molecule has 27 heavy (non-hydrogen) atoms. The van der Waals surface area contributed by atoms with Gasteiger partial charge in [-0.15, -0.1) is 0 Å². The molecule has 0 bridgehead atoms. The van der Waals surface area contributed by atoms with Gasteiger partial charge in [-0.1, -0.05) is 30.3 Å². The second kappa shape index (κ2) is 6.35. The van der Waals surface area contributed by atoms with Gasteiger partial charge in [0.25, 0.3) is 0 Å². The minimum absolute atomic E-state index is 0.0734. The molecule has 1 amide bonds. The Morgan fingerprint density at radius 3 is 2.85 bits per heavy atom. The number of rotatable bonds is 3. The van der Waals surface area contributed by atoms with Crippen molar-refractivity contribution in [3.63, 3.8) is 0 Å². The van der Waals surface area contributed by atoms with E-state index in [-0.39, 0.29) is 17.7 Å². The number of amides is 1. The maximum atomic E-state index is 12.9. The molecule has 2 aromatic carbocycles. The van der Waals surface area contributed by atoms with Gasteiger partial charge in [-0.2, -0.15) is 5.10 Å². The van der Waals surface area contributed by atoms with Gasteiger partial charge in [0.15, 0.2) is 0 Å². The largest absolute Gasteiger partial charge is 0.326 e. The highest BCUT2D eigenvalue weighted by molar-refractivity contribution is 5.94. The number of nitrogens with zero attached hydrogens (tertiary/aromatic N) is 2. The molecule has 136 valence electrons. The molecule has 5 rings (SSSR count). The Bertz CT molecular complexity index is 1020. The first kappa shape index (κ1) is 16.3. The molecule has 2 atom stereocenters. The van der Waals surface area contributed by atoms with Gasteiger partial charge < -0.3 is 10.6 Å². The number of aromatic nitrogens is 2. The molecule has 5 nitrogen and oxygen atoms in total. The average molecular weight is 358 g/mol. The molecule has 2 heterocycles. The zero-order valence-corrected chi connectivity index (χ0v) is 15.3. The molecule has 0 saturated carbocycles. The zero-order valence-electron chi connectivity index (χ0n) is 15.3. The monoisotopic (exact) mass is 358 g/mol. The van der Waals surface area contributed by atoms with Crippen LogP contribution in [0.5, 0.6) is 0 Å². The lowest BCUT2D eigenvalue weighted by atomic mass is 9.90. The number of benzene rings is 2. The van der Waals surface area contributed by atoms with Gasteiger partial charge in [0.1, 0.15) is 0 Å². The lowest BCUT2D eigenvalue weighted by molar-refractivity contribution is -0.119. The molecule has 3 aromatic rings. The summed E-state index contributed by atoms with van der Waals surface area (Å²) < 4.78 is 1.79. The summed E-state index contributed by atoms with van der Waals surface area (Å²) in [5.41, 5.74) is 7.21. The molecule has 2 N–H and O–H groups in total. The van der Waals surface area contributed by atoms with E-state index in [1.807, 2.05) is 25.5 Å². The van der Waals surface area contributed by atoms with Crippen molar-refractivity contribution < 1.29 is 4.79 Å². The van der Waals surface area contributed by atoms with Crippen LogP contribution < -0.4 is 10.6 Å². The molecule has 1 aromatic heterocycles. The molecule has 1 aliphatic heterocycles. The Morgan fingerprint density at radius 1 is 1.15 bits per heavy atom. The lowest BCUT2D eigenvalue weighted by Gasteiger charge is -2.17. The zero-order chi connectivity index (χ0) is 18.4. The van der Waals surface area contributed by atoms with E-state index in [1.165, 1.54) is 22.3 Å². The molecule has 1 saturated heterocycles. The van der Waals surface area contributed by atoms with E-state index in [0.29, 0.717) is 6.54 Å². The highest BCUT2D eigenvalue weighted by Crippen LogP contribution is 2.38. The standard InChI is InChI=1S/C22H22N4O/c1-26-13-16(10-24-26)20-11-23-12-21(20)22(27)25-17-6-7-19-15(9-17)8-14-4-2-3-5-18(14)19/h2-7,9-10,13,20-21,23H,8,11-12H2,1H3,(H,25,27)/t20-,21+/m1/s1. The van der Waals surface area contributed by atoms with Crippen molar-refractivity contribution in [3.8, 4) is 11.1 Å². The van der Waals surface area contributed by atoms with Crippen molar-refractivity contribution in [1.82, 2.24) is 15.1 Å². The summed E-state index contributed by atoms with van der Waals surface area (Å²) in [4.78, 5) is 12.9. The van der Waals surface area contributed by atoms with E-state index in [9.17, 15) is 4.79 Å². The normalized spacial score (nSPS) is 20.3. The molecule has 5 heteroatoms. The van der Waals surface area contributed by atoms with Gasteiger partial charge in [-0.05, 0) is 46.4 Å². The van der Waals surface area contributed by atoms with Gasteiger partial charge in [-0.3, -0.25) is 9.48 Å². The molecule has 2 aliphatic rings. The summed E-state index contributed by atoms with van der Waals surface area (Å²) in [6.45, 7) is 1.51. The predicted molar refractivity (Wildman–Crippen MR) is 106 cm³/mol. The van der Waals surface area contributed by atoms with E-state index in [0.717, 1.165) is 24.2 Å². The fourth-order valence-electron chi connectivity index (χ4n) is 4.39. The molecule has 0 spiro atoms. The number of carbonyl (C=O) groups excluding carboxylic acids is 1. The number of nitrogens with one attached hydrogen (secondary N) is 2. The number of aryl methyl sites for hydroxylation is 1. The summed E-state index contributed by atoms with van der Waals surface area (Å²) in [5, 5.41) is 10.7. The number of anilines is 1. The number of fused-ring (bicyclic) bond motifs is 3. The second-order valence-electron chi connectivity index (χ2n) is 7.51. The quantitative estimate of drug-likeness (QED) is 0.592. The van der Waals surface area contributed by atoms with Crippen LogP contribution in [0.15, 0.2) is 54.9 Å². The van der Waals surface area contributed by atoms with Gasteiger partial charge in [0.2, 0.25) is 5.91 Å². The smallest absolute Gasteiger partial charge is 0.229 e. The van der Waals surface area contributed by atoms with Crippen molar-refractivity contribution in [3.05, 3.63) is 71.5 Å². The highest BCUT2D eigenvalue weighted by atomic mass is 16.1. The van der Waals surface area contributed by atoms with Gasteiger partial charge >= 0.3 is 0 Å². The van der Waals surface area contributed by atoms with Crippen LogP contribution in [0.2, 0.25) is 0 Å². The summed E-state index contributed by atoms with van der Waals surface area (Å²) in [6.07, 6.45) is 4.80. The summed E-state index contributed by atoms with van der Waals surface area (Å²) in [5.74, 6) is 0.154. The summed E-state index contributed by atoms with van der Waals surface area (Å²) in [7, 11) is 1.91. The molecule has 0 radical (unpaired) electrons. The average Bonchev–Trinajstić information content (AvgIpc) is 3.38. The first-order valence-corrected chi connectivity index (χ1v) is 9.40. The predicted octanol–water partition coefficient (Wildman–Crippen LogP) is 2.93. The SMILES string of the molecule is Cn1cc([C@H]2CNC[C@@H]2C(=O)Nc2ccc3c(c2)Cc2ccccc2-3)cn1. The molecular weight excluding hydrogens is 336 g/mol. The minimum atomic E-state index is -0.0837. The molecule has 1 fully saturated rings. The maximum absolute atomic E-state index is 12.9. The second-order valence-corrected chi connectivity index (χ2v) is 7.51. The topological polar surface area (TPSA) is 59.0 Å². The Balaban J connectivity index is 1.35. The Morgan fingerprint density at radius 2 is 2.00 bits per heavy atom. The number of hydrogen-bond donors (Lipinski definition) is 2. The third-order valence-electron chi connectivity index (χ3n) is 5.77. The van der Waals surface area contributed by atoms with Gasteiger partial charge in [0, 0.05) is 37.9 Å². The molecule has 0 unspecified atom stereocenters. The first-order chi connectivity index (χ1) is 13.2. The van der Waals surface area contributed by atoms with Crippen LogP contribution in [0.1, 0.15) is 22.6 Å². The van der Waals surface area contributed by atoms with Crippen molar-refractivity contribution in [2.24, 2.45) is 13.0 Å². The van der Waals surface area contributed by atoms with Crippen LogP contribution in [0.4, 0.5) is 5.69 Å². The Kier molecular flexibility index (Phi) is 3.83. The van der Waals surface area contributed by atoms with Crippen LogP contribution in [0.3, 0.4) is 0 Å². The number of carbonyl (C=O) groups is 1.